The van der Waals surface area contributed by atoms with Gasteiger partial charge in [0.1, 0.15) is 0 Å². The van der Waals surface area contributed by atoms with E-state index in [0.717, 1.165) is 30.3 Å². The van der Waals surface area contributed by atoms with Gasteiger partial charge in [-0.15, -0.1) is 0 Å². The molecule has 2 nitrogen and oxygen atoms in total. The first-order valence-corrected chi connectivity index (χ1v) is 7.86. The van der Waals surface area contributed by atoms with Gasteiger partial charge < -0.3 is 5.11 Å². The van der Waals surface area contributed by atoms with Gasteiger partial charge in [-0.2, -0.15) is 26.3 Å². The average molecular weight is 400 g/mol. The van der Waals surface area contributed by atoms with Crippen LogP contribution in [-0.2, 0) is 17.1 Å². The number of carboxylic acid groups (broad SMARTS) is 1. The van der Waals surface area contributed by atoms with Gasteiger partial charge in [-0.25, -0.2) is 4.79 Å². The highest BCUT2D eigenvalue weighted by molar-refractivity contribution is 5.85. The van der Waals surface area contributed by atoms with Crippen LogP contribution in [0.3, 0.4) is 0 Å². The minimum atomic E-state index is -4.53. The number of benzene rings is 2. The molecule has 2 rings (SSSR count). The maximum atomic E-state index is 12.8. The molecule has 0 saturated heterocycles. The molecule has 0 aliphatic heterocycles. The number of rotatable bonds is 4. The molecule has 28 heavy (non-hydrogen) atoms. The van der Waals surface area contributed by atoms with E-state index in [1.807, 2.05) is 0 Å². The molecule has 2 aromatic carbocycles. The van der Waals surface area contributed by atoms with Crippen molar-refractivity contribution in [2.75, 3.05) is 0 Å². The van der Waals surface area contributed by atoms with Crippen molar-refractivity contribution in [1.82, 2.24) is 0 Å². The van der Waals surface area contributed by atoms with Crippen molar-refractivity contribution in [2.24, 2.45) is 0 Å². The highest BCUT2D eigenvalue weighted by Gasteiger charge is 2.31. The summed E-state index contributed by atoms with van der Waals surface area (Å²) in [7, 11) is 0. The van der Waals surface area contributed by atoms with Crippen molar-refractivity contribution in [3.8, 4) is 0 Å². The summed E-state index contributed by atoms with van der Waals surface area (Å²) < 4.78 is 76.5. The third-order valence-electron chi connectivity index (χ3n) is 3.77. The smallest absolute Gasteiger partial charge is 0.416 e. The second-order valence-corrected chi connectivity index (χ2v) is 5.93. The number of allylic oxidation sites excluding steroid dienone is 2. The number of aliphatic carboxylic acids is 1. The van der Waals surface area contributed by atoms with Crippen LogP contribution in [0.5, 0.6) is 0 Å². The molecule has 0 aliphatic carbocycles. The SMILES string of the molecule is CC(=CC(=O)O)C=C(c1ccc(C(F)(F)F)cc1)c1ccc(C(F)(F)F)cc1. The first-order chi connectivity index (χ1) is 12.9. The Morgan fingerprint density at radius 2 is 1.11 bits per heavy atom. The third kappa shape index (κ3) is 5.48. The van der Waals surface area contributed by atoms with Gasteiger partial charge in [0.25, 0.3) is 0 Å². The summed E-state index contributed by atoms with van der Waals surface area (Å²) in [6, 6.07) is 8.13. The number of alkyl halides is 6. The summed E-state index contributed by atoms with van der Waals surface area (Å²) in [5, 5.41) is 8.83. The number of hydrogen-bond donors (Lipinski definition) is 1. The largest absolute Gasteiger partial charge is 0.478 e. The van der Waals surface area contributed by atoms with Gasteiger partial charge in [0.05, 0.1) is 11.1 Å². The van der Waals surface area contributed by atoms with Crippen molar-refractivity contribution in [2.45, 2.75) is 19.3 Å². The molecule has 2 aromatic rings. The summed E-state index contributed by atoms with van der Waals surface area (Å²) in [6.07, 6.45) is -6.79. The quantitative estimate of drug-likeness (QED) is 0.378. The van der Waals surface area contributed by atoms with Crippen molar-refractivity contribution in [3.05, 3.63) is 88.5 Å². The van der Waals surface area contributed by atoms with E-state index >= 15 is 0 Å². The summed E-state index contributed by atoms with van der Waals surface area (Å²) in [6.45, 7) is 1.46. The fourth-order valence-corrected chi connectivity index (χ4v) is 2.47. The van der Waals surface area contributed by atoms with E-state index < -0.39 is 29.4 Å². The molecule has 8 heteroatoms. The normalized spacial score (nSPS) is 12.6. The molecular weight excluding hydrogens is 386 g/mol. The Balaban J connectivity index is 2.55. The Labute approximate surface area is 156 Å². The van der Waals surface area contributed by atoms with Crippen molar-refractivity contribution >= 4 is 11.5 Å². The second-order valence-electron chi connectivity index (χ2n) is 5.93. The van der Waals surface area contributed by atoms with E-state index in [1.54, 1.807) is 0 Å². The number of halogens is 6. The lowest BCUT2D eigenvalue weighted by molar-refractivity contribution is -0.138. The zero-order chi connectivity index (χ0) is 21.1. The van der Waals surface area contributed by atoms with E-state index in [9.17, 15) is 31.1 Å². The molecule has 0 fully saturated rings. The van der Waals surface area contributed by atoms with Crippen LogP contribution in [0.25, 0.3) is 5.57 Å². The maximum absolute atomic E-state index is 12.8. The lowest BCUT2D eigenvalue weighted by Gasteiger charge is -2.13. The fourth-order valence-electron chi connectivity index (χ4n) is 2.47. The first-order valence-electron chi connectivity index (χ1n) is 7.86. The molecule has 0 bridgehead atoms. The summed E-state index contributed by atoms with van der Waals surface area (Å²) >= 11 is 0. The van der Waals surface area contributed by atoms with Crippen LogP contribution in [0.2, 0.25) is 0 Å². The molecule has 0 spiro atoms. The predicted molar refractivity (Wildman–Crippen MR) is 91.4 cm³/mol. The van der Waals surface area contributed by atoms with Gasteiger partial charge in [-0.05, 0) is 53.5 Å². The zero-order valence-corrected chi connectivity index (χ0v) is 14.4. The number of carbonyl (C=O) groups is 1. The van der Waals surface area contributed by atoms with Crippen LogP contribution in [-0.4, -0.2) is 11.1 Å². The first kappa shape index (κ1) is 21.3. The standard InChI is InChI=1S/C20H14F6O2/c1-12(11-18(27)28)10-17(13-2-6-15(7-3-13)19(21,22)23)14-4-8-16(9-5-14)20(24,25)26/h2-11H,1H3,(H,27,28). The lowest BCUT2D eigenvalue weighted by atomic mass is 9.94. The molecule has 0 aliphatic rings. The third-order valence-corrected chi connectivity index (χ3v) is 3.77. The number of hydrogen-bond acceptors (Lipinski definition) is 1. The Bertz CT molecular complexity index is 842. The average Bonchev–Trinajstić information content (AvgIpc) is 2.58. The minimum Gasteiger partial charge on any atom is -0.478 e. The Hall–Kier alpha value is -3.03. The van der Waals surface area contributed by atoms with Crippen LogP contribution < -0.4 is 0 Å². The second kappa shape index (κ2) is 7.92. The van der Waals surface area contributed by atoms with Gasteiger partial charge in [-0.3, -0.25) is 0 Å². The highest BCUT2D eigenvalue weighted by Crippen LogP contribution is 2.34. The molecule has 0 atom stereocenters. The molecule has 0 heterocycles. The van der Waals surface area contributed by atoms with Gasteiger partial charge in [0, 0.05) is 6.08 Å². The lowest BCUT2D eigenvalue weighted by Crippen LogP contribution is -2.05. The Kier molecular flexibility index (Phi) is 6.01. The van der Waals surface area contributed by atoms with Crippen LogP contribution in [0.4, 0.5) is 26.3 Å². The highest BCUT2D eigenvalue weighted by atomic mass is 19.4. The Morgan fingerprint density at radius 1 is 0.750 bits per heavy atom. The van der Waals surface area contributed by atoms with Gasteiger partial charge in [0.2, 0.25) is 0 Å². The zero-order valence-electron chi connectivity index (χ0n) is 14.4. The summed E-state index contributed by atoms with van der Waals surface area (Å²) in [5.41, 5.74) is -0.599. The van der Waals surface area contributed by atoms with Crippen LogP contribution in [0.15, 0.2) is 66.3 Å². The van der Waals surface area contributed by atoms with E-state index in [2.05, 4.69) is 0 Å². The molecule has 148 valence electrons. The van der Waals surface area contributed by atoms with Gasteiger partial charge in [-0.1, -0.05) is 30.3 Å². The van der Waals surface area contributed by atoms with Crippen molar-refractivity contribution < 1.29 is 36.2 Å². The maximum Gasteiger partial charge on any atom is 0.416 e. The van der Waals surface area contributed by atoms with E-state index in [1.165, 1.54) is 37.3 Å². The fraction of sp³-hybridized carbons (Fsp3) is 0.150. The molecule has 0 unspecified atom stereocenters. The van der Waals surface area contributed by atoms with Crippen LogP contribution >= 0.6 is 0 Å². The Morgan fingerprint density at radius 3 is 1.39 bits per heavy atom. The van der Waals surface area contributed by atoms with E-state index in [-0.39, 0.29) is 11.1 Å². The van der Waals surface area contributed by atoms with E-state index in [0.29, 0.717) is 11.1 Å². The van der Waals surface area contributed by atoms with Gasteiger partial charge in [0.15, 0.2) is 0 Å². The molecule has 0 radical (unpaired) electrons. The van der Waals surface area contributed by atoms with Gasteiger partial charge >= 0.3 is 18.3 Å². The molecule has 1 N–H and O–H groups in total. The van der Waals surface area contributed by atoms with Crippen LogP contribution in [0.1, 0.15) is 29.2 Å². The van der Waals surface area contributed by atoms with E-state index in [4.69, 9.17) is 5.11 Å². The molecular formula is C20H14F6O2. The topological polar surface area (TPSA) is 37.3 Å². The molecule has 0 amide bonds. The summed E-state index contributed by atoms with van der Waals surface area (Å²) in [5.74, 6) is -1.23. The van der Waals surface area contributed by atoms with Crippen LogP contribution in [0, 0.1) is 0 Å². The predicted octanol–water partition coefficient (Wildman–Crippen LogP) is 6.19. The molecule has 0 aromatic heterocycles. The minimum absolute atomic E-state index is 0.266. The monoisotopic (exact) mass is 400 g/mol. The number of carboxylic acids is 1. The van der Waals surface area contributed by atoms with Crippen molar-refractivity contribution in [3.63, 3.8) is 0 Å². The summed E-state index contributed by atoms with van der Waals surface area (Å²) in [4.78, 5) is 10.8. The molecule has 0 saturated carbocycles. The van der Waals surface area contributed by atoms with Crippen molar-refractivity contribution in [1.29, 1.82) is 0 Å².